The summed E-state index contributed by atoms with van der Waals surface area (Å²) >= 11 is 0. The fourth-order valence-corrected chi connectivity index (χ4v) is 3.49. The Kier molecular flexibility index (Phi) is 4.19. The van der Waals surface area contributed by atoms with Crippen LogP contribution in [-0.4, -0.2) is 11.1 Å². The second-order valence-electron chi connectivity index (χ2n) is 7.68. The van der Waals surface area contributed by atoms with Crippen LogP contribution in [0, 0.1) is 27.6 Å². The minimum absolute atomic E-state index is 0.0247. The van der Waals surface area contributed by atoms with Crippen LogP contribution in [0.4, 0.5) is 10.3 Å². The molecular weight excluding hydrogens is 311 g/mol. The van der Waals surface area contributed by atoms with Crippen molar-refractivity contribution in [1.82, 2.24) is 5.10 Å². The first kappa shape index (κ1) is 16.7. The van der Waals surface area contributed by atoms with Gasteiger partial charge in [-0.25, -0.2) is 9.12 Å². The van der Waals surface area contributed by atoms with Gasteiger partial charge in [-0.15, -0.1) is 0 Å². The van der Waals surface area contributed by atoms with Crippen molar-refractivity contribution < 1.29 is 14.0 Å². The van der Waals surface area contributed by atoms with Gasteiger partial charge in [-0.05, 0) is 49.1 Å². The molecule has 2 aromatic rings. The molecule has 0 saturated heterocycles. The molecular formula is C17H23FN4O2. The van der Waals surface area contributed by atoms with Crippen LogP contribution in [0.1, 0.15) is 46.5 Å². The fraction of sp³-hybridized carbons (Fsp3) is 0.588. The summed E-state index contributed by atoms with van der Waals surface area (Å²) in [5.41, 5.74) is 0.312. The molecule has 24 heavy (non-hydrogen) atoms. The van der Waals surface area contributed by atoms with Crippen LogP contribution in [0.25, 0.3) is 11.0 Å². The van der Waals surface area contributed by atoms with Gasteiger partial charge in [0, 0.05) is 4.85 Å². The summed E-state index contributed by atoms with van der Waals surface area (Å²) in [6.45, 7) is 6.75. The number of anilines is 1. The highest BCUT2D eigenvalue weighted by Gasteiger charge is 2.32. The van der Waals surface area contributed by atoms with E-state index in [-0.39, 0.29) is 28.4 Å². The molecule has 0 amide bonds. The summed E-state index contributed by atoms with van der Waals surface area (Å²) in [7, 11) is 0. The lowest BCUT2D eigenvalue weighted by Crippen LogP contribution is -2.46. The van der Waals surface area contributed by atoms with Crippen molar-refractivity contribution in [3.63, 3.8) is 0 Å². The highest BCUT2D eigenvalue weighted by Crippen LogP contribution is 2.38. The number of hydrogen-bond donors (Lipinski definition) is 1. The molecule has 6 nitrogen and oxygen atoms in total. The SMILES string of the molecule is CC(C)(C)C1CCC(Nc2n[n+]([O-])c3cc(F)ccc3[n+]2[O-])CC1. The van der Waals surface area contributed by atoms with E-state index in [1.54, 1.807) is 0 Å². The van der Waals surface area contributed by atoms with Crippen molar-refractivity contribution in [3.05, 3.63) is 34.4 Å². The molecule has 0 spiro atoms. The van der Waals surface area contributed by atoms with Gasteiger partial charge in [0.2, 0.25) is 5.10 Å². The Bertz CT molecular complexity index is 752. The lowest BCUT2D eigenvalue weighted by Gasteiger charge is -2.36. The predicted molar refractivity (Wildman–Crippen MR) is 88.4 cm³/mol. The fourth-order valence-electron chi connectivity index (χ4n) is 3.49. The normalized spacial score (nSPS) is 21.8. The molecule has 1 aliphatic rings. The average Bonchev–Trinajstić information content (AvgIpc) is 2.52. The summed E-state index contributed by atoms with van der Waals surface area (Å²) < 4.78 is 13.8. The van der Waals surface area contributed by atoms with Gasteiger partial charge in [-0.1, -0.05) is 20.8 Å². The molecule has 0 unspecified atom stereocenters. The summed E-state index contributed by atoms with van der Waals surface area (Å²) in [5, 5.41) is 31.2. The number of benzene rings is 1. The molecule has 0 bridgehead atoms. The second-order valence-corrected chi connectivity index (χ2v) is 7.68. The number of halogens is 1. The Balaban J connectivity index is 1.79. The third-order valence-corrected chi connectivity index (χ3v) is 5.03. The van der Waals surface area contributed by atoms with Crippen LogP contribution in [0.15, 0.2) is 18.2 Å². The molecule has 1 aliphatic carbocycles. The van der Waals surface area contributed by atoms with Gasteiger partial charge in [0.15, 0.2) is 5.52 Å². The average molecular weight is 334 g/mol. The van der Waals surface area contributed by atoms with Crippen molar-refractivity contribution >= 4 is 17.0 Å². The lowest BCUT2D eigenvalue weighted by atomic mass is 9.71. The zero-order valence-corrected chi connectivity index (χ0v) is 14.3. The zero-order chi connectivity index (χ0) is 17.5. The van der Waals surface area contributed by atoms with E-state index in [9.17, 15) is 14.8 Å². The highest BCUT2D eigenvalue weighted by atomic mass is 19.1. The van der Waals surface area contributed by atoms with E-state index in [1.807, 2.05) is 0 Å². The van der Waals surface area contributed by atoms with Crippen molar-refractivity contribution in [2.24, 2.45) is 11.3 Å². The van der Waals surface area contributed by atoms with Gasteiger partial charge in [0.25, 0.3) is 0 Å². The van der Waals surface area contributed by atoms with Gasteiger partial charge < -0.3 is 10.4 Å². The minimum Gasteiger partial charge on any atom is -0.739 e. The Morgan fingerprint density at radius 2 is 1.79 bits per heavy atom. The first-order valence-corrected chi connectivity index (χ1v) is 8.35. The van der Waals surface area contributed by atoms with Crippen molar-refractivity contribution in [3.8, 4) is 0 Å². The zero-order valence-electron chi connectivity index (χ0n) is 14.3. The van der Waals surface area contributed by atoms with E-state index in [0.29, 0.717) is 15.5 Å². The first-order valence-electron chi connectivity index (χ1n) is 8.35. The Morgan fingerprint density at radius 3 is 2.42 bits per heavy atom. The maximum absolute atomic E-state index is 13.2. The molecule has 1 aromatic heterocycles. The van der Waals surface area contributed by atoms with Gasteiger partial charge >= 0.3 is 11.5 Å². The van der Waals surface area contributed by atoms with Gasteiger partial charge in [-0.2, -0.15) is 0 Å². The Hall–Kier alpha value is -2.18. The standard InChI is InChI=1S/C17H23FN4O2/c1-17(2,3)11-4-7-13(8-5-11)19-16-20-22(24)15-10-12(18)6-9-14(15)21(16)23/h6,9-11,13H,4-5,7-8H2,1-3H3,(H,19,20). The van der Waals surface area contributed by atoms with E-state index in [0.717, 1.165) is 37.8 Å². The quantitative estimate of drug-likeness (QED) is 0.676. The van der Waals surface area contributed by atoms with E-state index in [1.165, 1.54) is 6.07 Å². The minimum atomic E-state index is -0.574. The van der Waals surface area contributed by atoms with Crippen LogP contribution in [0.3, 0.4) is 0 Å². The number of nitrogens with zero attached hydrogens (tertiary/aromatic N) is 3. The molecule has 3 rings (SSSR count). The third kappa shape index (κ3) is 3.20. The first-order chi connectivity index (χ1) is 11.3. The highest BCUT2D eigenvalue weighted by molar-refractivity contribution is 5.67. The summed E-state index contributed by atoms with van der Waals surface area (Å²) in [5.74, 6) is 0.0605. The lowest BCUT2D eigenvalue weighted by molar-refractivity contribution is -0.672. The molecule has 0 radical (unpaired) electrons. The number of aromatic nitrogens is 3. The van der Waals surface area contributed by atoms with Gasteiger partial charge in [-0.3, -0.25) is 5.32 Å². The van der Waals surface area contributed by atoms with Crippen LogP contribution in [-0.2, 0) is 0 Å². The maximum atomic E-state index is 13.2. The maximum Gasteiger partial charge on any atom is 0.461 e. The number of hydrogen-bond acceptors (Lipinski definition) is 4. The van der Waals surface area contributed by atoms with Crippen LogP contribution >= 0.6 is 0 Å². The molecule has 1 saturated carbocycles. The Morgan fingerprint density at radius 1 is 1.12 bits per heavy atom. The monoisotopic (exact) mass is 334 g/mol. The largest absolute Gasteiger partial charge is 0.739 e. The topological polar surface area (TPSA) is 78.8 Å². The molecule has 1 heterocycles. The molecule has 7 heteroatoms. The molecule has 130 valence electrons. The van der Waals surface area contributed by atoms with Crippen LogP contribution < -0.4 is 14.9 Å². The van der Waals surface area contributed by atoms with Crippen molar-refractivity contribution in [2.75, 3.05) is 5.32 Å². The number of rotatable bonds is 2. The summed E-state index contributed by atoms with van der Waals surface area (Å²) in [4.78, 5) is 0.302. The molecule has 0 atom stereocenters. The molecule has 0 aliphatic heterocycles. The summed E-state index contributed by atoms with van der Waals surface area (Å²) in [6.07, 6.45) is 4.03. The van der Waals surface area contributed by atoms with Gasteiger partial charge in [0.05, 0.1) is 12.1 Å². The smallest absolute Gasteiger partial charge is 0.461 e. The van der Waals surface area contributed by atoms with E-state index in [2.05, 4.69) is 31.2 Å². The van der Waals surface area contributed by atoms with E-state index < -0.39 is 5.82 Å². The third-order valence-electron chi connectivity index (χ3n) is 5.03. The van der Waals surface area contributed by atoms with Crippen molar-refractivity contribution in [1.29, 1.82) is 0 Å². The molecule has 1 N–H and O–H groups in total. The predicted octanol–water partition coefficient (Wildman–Crippen LogP) is 2.66. The molecule has 1 fully saturated rings. The summed E-state index contributed by atoms with van der Waals surface area (Å²) in [6, 6.07) is 3.60. The second kappa shape index (κ2) is 6.03. The molecule has 1 aromatic carbocycles. The van der Waals surface area contributed by atoms with Gasteiger partial charge in [0.1, 0.15) is 5.82 Å². The van der Waals surface area contributed by atoms with Crippen LogP contribution in [0.5, 0.6) is 0 Å². The van der Waals surface area contributed by atoms with E-state index in [4.69, 9.17) is 0 Å². The van der Waals surface area contributed by atoms with E-state index >= 15 is 0 Å². The van der Waals surface area contributed by atoms with Crippen LogP contribution in [0.2, 0.25) is 0 Å². The Labute approximate surface area is 140 Å². The number of nitrogens with one attached hydrogen (secondary N) is 1. The van der Waals surface area contributed by atoms with Crippen molar-refractivity contribution in [2.45, 2.75) is 52.5 Å². The number of fused-ring (bicyclic) bond motifs is 1.